The van der Waals surface area contributed by atoms with E-state index >= 15 is 0 Å². The summed E-state index contributed by atoms with van der Waals surface area (Å²) in [5.41, 5.74) is 1.95. The Hall–Kier alpha value is -2.70. The third-order valence-electron chi connectivity index (χ3n) is 5.09. The lowest BCUT2D eigenvalue weighted by Gasteiger charge is -2.27. The third kappa shape index (κ3) is 3.09. The molecule has 0 saturated heterocycles. The van der Waals surface area contributed by atoms with Gasteiger partial charge in [-0.3, -0.25) is 4.79 Å². The van der Waals surface area contributed by atoms with Gasteiger partial charge in [-0.1, -0.05) is 12.5 Å². The van der Waals surface area contributed by atoms with Crippen LogP contribution in [0.25, 0.3) is 10.9 Å². The van der Waals surface area contributed by atoms with E-state index in [-0.39, 0.29) is 23.7 Å². The zero-order valence-corrected chi connectivity index (χ0v) is 14.8. The lowest BCUT2D eigenvalue weighted by molar-refractivity contribution is 0.0919. The van der Waals surface area contributed by atoms with E-state index in [1.807, 2.05) is 6.92 Å². The highest BCUT2D eigenvalue weighted by atomic mass is 19.1. The van der Waals surface area contributed by atoms with Crippen molar-refractivity contribution in [3.8, 4) is 0 Å². The number of aryl methyl sites for hydroxylation is 2. The van der Waals surface area contributed by atoms with Gasteiger partial charge in [0.05, 0.1) is 5.52 Å². The van der Waals surface area contributed by atoms with Crippen molar-refractivity contribution in [3.63, 3.8) is 0 Å². The molecule has 1 saturated carbocycles. The lowest BCUT2D eigenvalue weighted by Crippen LogP contribution is -2.38. The number of benzene rings is 1. The Bertz CT molecular complexity index is 923. The van der Waals surface area contributed by atoms with Crippen LogP contribution < -0.4 is 5.32 Å². The largest absolute Gasteiger partial charge is 0.425 e. The number of carbonyl (C=O) groups is 1. The summed E-state index contributed by atoms with van der Waals surface area (Å²) < 4.78 is 19.5. The number of nitrogens with one attached hydrogen (secondary N) is 2. The van der Waals surface area contributed by atoms with Crippen molar-refractivity contribution < 1.29 is 13.6 Å². The first kappa shape index (κ1) is 16.8. The van der Waals surface area contributed by atoms with Crippen LogP contribution in [0.4, 0.5) is 4.39 Å². The fourth-order valence-electron chi connectivity index (χ4n) is 3.73. The van der Waals surface area contributed by atoms with E-state index < -0.39 is 0 Å². The van der Waals surface area contributed by atoms with Crippen LogP contribution >= 0.6 is 0 Å². The summed E-state index contributed by atoms with van der Waals surface area (Å²) in [6.45, 7) is 3.66. The van der Waals surface area contributed by atoms with Gasteiger partial charge in [0.25, 0.3) is 5.91 Å². The van der Waals surface area contributed by atoms with E-state index in [1.54, 1.807) is 19.1 Å². The van der Waals surface area contributed by atoms with Crippen LogP contribution in [0.15, 0.2) is 22.6 Å². The molecule has 1 amide bonds. The Morgan fingerprint density at radius 2 is 2.15 bits per heavy atom. The van der Waals surface area contributed by atoms with Crippen LogP contribution in [0, 0.1) is 19.7 Å². The van der Waals surface area contributed by atoms with E-state index in [1.165, 1.54) is 6.07 Å². The SMILES string of the molecule is Cc1nnc([C@H]2CCC[C@@H](NC(=O)c3cc4c(F)ccc(C)c4[nH]3)C2)o1. The average Bonchev–Trinajstić information content (AvgIpc) is 3.26. The monoisotopic (exact) mass is 356 g/mol. The molecule has 136 valence electrons. The zero-order valence-electron chi connectivity index (χ0n) is 14.8. The molecular formula is C19H21FN4O2. The molecule has 2 aromatic heterocycles. The van der Waals surface area contributed by atoms with E-state index in [2.05, 4.69) is 20.5 Å². The van der Waals surface area contributed by atoms with Gasteiger partial charge in [-0.05, 0) is 43.9 Å². The summed E-state index contributed by atoms with van der Waals surface area (Å²) in [4.78, 5) is 15.7. The van der Waals surface area contributed by atoms with Crippen molar-refractivity contribution in [2.75, 3.05) is 0 Å². The molecule has 1 aliphatic carbocycles. The summed E-state index contributed by atoms with van der Waals surface area (Å²) in [5.74, 6) is 0.821. The second-order valence-corrected chi connectivity index (χ2v) is 7.03. The fourth-order valence-corrected chi connectivity index (χ4v) is 3.73. The highest BCUT2D eigenvalue weighted by Crippen LogP contribution is 2.32. The third-order valence-corrected chi connectivity index (χ3v) is 5.09. The molecule has 1 aliphatic rings. The number of carbonyl (C=O) groups excluding carboxylic acids is 1. The number of nitrogens with zero attached hydrogens (tertiary/aromatic N) is 2. The molecule has 1 fully saturated rings. The molecule has 0 bridgehead atoms. The molecule has 4 rings (SSSR count). The molecule has 0 radical (unpaired) electrons. The smallest absolute Gasteiger partial charge is 0.267 e. The lowest BCUT2D eigenvalue weighted by atomic mass is 9.85. The van der Waals surface area contributed by atoms with E-state index in [9.17, 15) is 9.18 Å². The maximum absolute atomic E-state index is 14.0. The van der Waals surface area contributed by atoms with Crippen molar-refractivity contribution in [1.29, 1.82) is 0 Å². The average molecular weight is 356 g/mol. The maximum atomic E-state index is 14.0. The second-order valence-electron chi connectivity index (χ2n) is 7.03. The van der Waals surface area contributed by atoms with E-state index in [0.29, 0.717) is 28.4 Å². The minimum absolute atomic E-state index is 0.0332. The number of rotatable bonds is 3. The number of hydrogen-bond acceptors (Lipinski definition) is 4. The number of amides is 1. The normalized spacial score (nSPS) is 20.4. The van der Waals surface area contributed by atoms with Gasteiger partial charge in [-0.15, -0.1) is 10.2 Å². The van der Waals surface area contributed by atoms with Crippen molar-refractivity contribution in [1.82, 2.24) is 20.5 Å². The Kier molecular flexibility index (Phi) is 4.22. The molecule has 7 heteroatoms. The number of aromatic amines is 1. The van der Waals surface area contributed by atoms with Gasteiger partial charge in [0.15, 0.2) is 0 Å². The van der Waals surface area contributed by atoms with Gasteiger partial charge in [0.2, 0.25) is 11.8 Å². The summed E-state index contributed by atoms with van der Waals surface area (Å²) in [6, 6.07) is 4.74. The molecule has 2 N–H and O–H groups in total. The minimum atomic E-state index is -0.328. The standard InChI is InChI=1S/C19H21FN4O2/c1-10-6-7-15(20)14-9-16(22-17(10)14)18(25)21-13-5-3-4-12(8-13)19-24-23-11(2)26-19/h6-7,9,12-13,22H,3-5,8H2,1-2H3,(H,21,25)/t12-,13+/m0/s1. The molecule has 2 heterocycles. The van der Waals surface area contributed by atoms with Crippen LogP contribution in [0.2, 0.25) is 0 Å². The molecule has 3 aromatic rings. The van der Waals surface area contributed by atoms with Crippen LogP contribution in [0.3, 0.4) is 0 Å². The predicted octanol–water partition coefficient (Wildman–Crippen LogP) is 3.76. The number of aromatic nitrogens is 3. The van der Waals surface area contributed by atoms with Gasteiger partial charge in [0.1, 0.15) is 11.5 Å². The second kappa shape index (κ2) is 6.55. The highest BCUT2D eigenvalue weighted by Gasteiger charge is 2.28. The molecule has 2 atom stereocenters. The van der Waals surface area contributed by atoms with Crippen LogP contribution in [0.5, 0.6) is 0 Å². The Labute approximate surface area is 150 Å². The van der Waals surface area contributed by atoms with Crippen molar-refractivity contribution in [2.24, 2.45) is 0 Å². The van der Waals surface area contributed by atoms with Crippen molar-refractivity contribution in [3.05, 3.63) is 47.1 Å². The van der Waals surface area contributed by atoms with Gasteiger partial charge in [-0.2, -0.15) is 0 Å². The minimum Gasteiger partial charge on any atom is -0.425 e. The zero-order chi connectivity index (χ0) is 18.3. The van der Waals surface area contributed by atoms with Crippen molar-refractivity contribution >= 4 is 16.8 Å². The Balaban J connectivity index is 1.49. The topological polar surface area (TPSA) is 83.8 Å². The number of H-pyrrole nitrogens is 1. The van der Waals surface area contributed by atoms with Crippen molar-refractivity contribution in [2.45, 2.75) is 51.5 Å². The Morgan fingerprint density at radius 3 is 2.88 bits per heavy atom. The van der Waals surface area contributed by atoms with Gasteiger partial charge < -0.3 is 14.7 Å². The molecule has 0 unspecified atom stereocenters. The van der Waals surface area contributed by atoms with E-state index in [0.717, 1.165) is 31.2 Å². The molecule has 0 aliphatic heterocycles. The molecule has 6 nitrogen and oxygen atoms in total. The Morgan fingerprint density at radius 1 is 1.31 bits per heavy atom. The fraction of sp³-hybridized carbons (Fsp3) is 0.421. The summed E-state index contributed by atoms with van der Waals surface area (Å²) in [7, 11) is 0. The first-order valence-electron chi connectivity index (χ1n) is 8.90. The van der Waals surface area contributed by atoms with Crippen LogP contribution in [0.1, 0.15) is 59.4 Å². The van der Waals surface area contributed by atoms with Gasteiger partial charge in [-0.25, -0.2) is 4.39 Å². The number of fused-ring (bicyclic) bond motifs is 1. The maximum Gasteiger partial charge on any atom is 0.267 e. The quantitative estimate of drug-likeness (QED) is 0.748. The predicted molar refractivity (Wildman–Crippen MR) is 94.5 cm³/mol. The summed E-state index contributed by atoms with van der Waals surface area (Å²) in [5, 5.41) is 11.5. The molecular weight excluding hydrogens is 335 g/mol. The summed E-state index contributed by atoms with van der Waals surface area (Å²) in [6.07, 6.45) is 3.63. The highest BCUT2D eigenvalue weighted by molar-refractivity contribution is 5.99. The van der Waals surface area contributed by atoms with Gasteiger partial charge >= 0.3 is 0 Å². The first-order valence-corrected chi connectivity index (χ1v) is 8.90. The molecule has 0 spiro atoms. The van der Waals surface area contributed by atoms with E-state index in [4.69, 9.17) is 4.42 Å². The first-order chi connectivity index (χ1) is 12.5. The number of hydrogen-bond donors (Lipinski definition) is 2. The molecule has 26 heavy (non-hydrogen) atoms. The van der Waals surface area contributed by atoms with Crippen LogP contribution in [-0.4, -0.2) is 27.1 Å². The molecule has 1 aromatic carbocycles. The summed E-state index contributed by atoms with van der Waals surface area (Å²) >= 11 is 0. The number of halogens is 1. The van der Waals surface area contributed by atoms with Crippen LogP contribution in [-0.2, 0) is 0 Å². The van der Waals surface area contributed by atoms with Gasteiger partial charge in [0, 0.05) is 24.3 Å².